The Balaban J connectivity index is 1.74. The quantitative estimate of drug-likeness (QED) is 0.628. The monoisotopic (exact) mass is 211 g/mol. The minimum atomic E-state index is -0.0578. The van der Waals surface area contributed by atoms with Crippen LogP contribution in [0.5, 0.6) is 0 Å². The second-order valence-electron chi connectivity index (χ2n) is 5.14. The Morgan fingerprint density at radius 2 is 2.00 bits per heavy atom. The minimum absolute atomic E-state index is 0.0134. The van der Waals surface area contributed by atoms with Crippen molar-refractivity contribution in [1.29, 1.82) is 0 Å². The normalized spacial score (nSPS) is 21.1. The van der Waals surface area contributed by atoms with Crippen LogP contribution in [0, 0.1) is 5.92 Å². The first kappa shape index (κ1) is 10.9. The Kier molecular flexibility index (Phi) is 3.29. The zero-order valence-corrected chi connectivity index (χ0v) is 9.74. The molecule has 0 radical (unpaired) electrons. The van der Waals surface area contributed by atoms with Crippen LogP contribution in [0.3, 0.4) is 0 Å². The van der Waals surface area contributed by atoms with Gasteiger partial charge in [-0.25, -0.2) is 0 Å². The molecule has 0 bridgehead atoms. The van der Waals surface area contributed by atoms with Gasteiger partial charge in [-0.2, -0.15) is 0 Å². The molecule has 0 atom stereocenters. The van der Waals surface area contributed by atoms with E-state index < -0.39 is 0 Å². The van der Waals surface area contributed by atoms with Crippen molar-refractivity contribution in [2.45, 2.75) is 51.7 Å². The maximum absolute atomic E-state index is 11.5. The van der Waals surface area contributed by atoms with E-state index in [2.05, 4.69) is 4.90 Å². The fourth-order valence-electron chi connectivity index (χ4n) is 1.88. The van der Waals surface area contributed by atoms with Gasteiger partial charge in [0.05, 0.1) is 12.6 Å². The molecule has 86 valence electrons. The Morgan fingerprint density at radius 3 is 2.47 bits per heavy atom. The van der Waals surface area contributed by atoms with Gasteiger partial charge in [0, 0.05) is 12.6 Å². The predicted molar refractivity (Wildman–Crippen MR) is 58.5 cm³/mol. The van der Waals surface area contributed by atoms with E-state index in [1.54, 1.807) is 0 Å². The van der Waals surface area contributed by atoms with Crippen molar-refractivity contribution in [2.75, 3.05) is 13.1 Å². The number of esters is 1. The molecular weight excluding hydrogens is 190 g/mol. The van der Waals surface area contributed by atoms with Crippen LogP contribution in [0.4, 0.5) is 0 Å². The molecule has 0 aromatic rings. The number of nitrogens with zero attached hydrogens (tertiary/aromatic N) is 1. The zero-order chi connectivity index (χ0) is 10.8. The molecule has 0 spiro atoms. The van der Waals surface area contributed by atoms with E-state index in [1.165, 1.54) is 25.7 Å². The van der Waals surface area contributed by atoms with Gasteiger partial charge in [-0.05, 0) is 45.4 Å². The van der Waals surface area contributed by atoms with Crippen molar-refractivity contribution in [3.05, 3.63) is 0 Å². The van der Waals surface area contributed by atoms with Gasteiger partial charge in [0.15, 0.2) is 0 Å². The topological polar surface area (TPSA) is 29.5 Å². The van der Waals surface area contributed by atoms with Crippen LogP contribution in [-0.4, -0.2) is 36.1 Å². The molecule has 2 fully saturated rings. The Morgan fingerprint density at radius 1 is 1.33 bits per heavy atom. The third kappa shape index (κ3) is 3.82. The van der Waals surface area contributed by atoms with Crippen molar-refractivity contribution in [3.8, 4) is 0 Å². The van der Waals surface area contributed by atoms with Crippen LogP contribution in [0.25, 0.3) is 0 Å². The SMILES string of the molecule is CC(C)OC(=O)CN(CC1CC1)C1CC1. The molecule has 2 saturated carbocycles. The van der Waals surface area contributed by atoms with Gasteiger partial charge in [-0.3, -0.25) is 9.69 Å². The van der Waals surface area contributed by atoms with Gasteiger partial charge in [0.1, 0.15) is 0 Å². The highest BCUT2D eigenvalue weighted by Crippen LogP contribution is 2.34. The molecule has 3 heteroatoms. The molecular formula is C12H21NO2. The predicted octanol–water partition coefficient (Wildman–Crippen LogP) is 1.81. The lowest BCUT2D eigenvalue weighted by atomic mass is 10.3. The van der Waals surface area contributed by atoms with Gasteiger partial charge in [0.2, 0.25) is 0 Å². The van der Waals surface area contributed by atoms with E-state index in [9.17, 15) is 4.79 Å². The molecule has 2 aliphatic rings. The summed E-state index contributed by atoms with van der Waals surface area (Å²) in [6.07, 6.45) is 5.24. The van der Waals surface area contributed by atoms with E-state index in [0.717, 1.165) is 12.5 Å². The molecule has 0 saturated heterocycles. The summed E-state index contributed by atoms with van der Waals surface area (Å²) in [5, 5.41) is 0. The summed E-state index contributed by atoms with van der Waals surface area (Å²) in [5.41, 5.74) is 0. The molecule has 2 rings (SSSR count). The molecule has 2 aliphatic carbocycles. The average molecular weight is 211 g/mol. The van der Waals surface area contributed by atoms with Gasteiger partial charge in [-0.1, -0.05) is 0 Å². The second kappa shape index (κ2) is 4.52. The van der Waals surface area contributed by atoms with Crippen molar-refractivity contribution in [1.82, 2.24) is 4.90 Å². The highest BCUT2D eigenvalue weighted by atomic mass is 16.5. The summed E-state index contributed by atoms with van der Waals surface area (Å²) in [6, 6.07) is 0.672. The molecule has 15 heavy (non-hydrogen) atoms. The van der Waals surface area contributed by atoms with Gasteiger partial charge >= 0.3 is 5.97 Å². The van der Waals surface area contributed by atoms with E-state index in [4.69, 9.17) is 4.74 Å². The summed E-state index contributed by atoms with van der Waals surface area (Å²) in [5.74, 6) is 0.801. The van der Waals surface area contributed by atoms with Crippen molar-refractivity contribution in [2.24, 2.45) is 5.92 Å². The molecule has 0 heterocycles. The van der Waals surface area contributed by atoms with E-state index in [-0.39, 0.29) is 12.1 Å². The Bertz CT molecular complexity index is 232. The van der Waals surface area contributed by atoms with Crippen molar-refractivity contribution in [3.63, 3.8) is 0 Å². The molecule has 0 aliphatic heterocycles. The molecule has 0 N–H and O–H groups in total. The highest BCUT2D eigenvalue weighted by molar-refractivity contribution is 5.71. The molecule has 0 aromatic heterocycles. The number of carbonyl (C=O) groups excluding carboxylic acids is 1. The molecule has 3 nitrogen and oxygen atoms in total. The summed E-state index contributed by atoms with van der Waals surface area (Å²) in [6.45, 7) is 5.41. The average Bonchev–Trinajstić information content (AvgIpc) is 2.98. The van der Waals surface area contributed by atoms with Crippen LogP contribution in [0.15, 0.2) is 0 Å². The lowest BCUT2D eigenvalue weighted by Crippen LogP contribution is -2.35. The lowest BCUT2D eigenvalue weighted by molar-refractivity contribution is -0.148. The number of ether oxygens (including phenoxy) is 1. The maximum Gasteiger partial charge on any atom is 0.320 e. The number of hydrogen-bond acceptors (Lipinski definition) is 3. The summed E-state index contributed by atoms with van der Waals surface area (Å²) >= 11 is 0. The maximum atomic E-state index is 11.5. The summed E-state index contributed by atoms with van der Waals surface area (Å²) in [4.78, 5) is 13.9. The first-order valence-corrected chi connectivity index (χ1v) is 6.08. The lowest BCUT2D eigenvalue weighted by Gasteiger charge is -2.21. The first-order chi connectivity index (χ1) is 7.15. The third-order valence-electron chi connectivity index (χ3n) is 2.95. The van der Waals surface area contributed by atoms with E-state index in [0.29, 0.717) is 12.6 Å². The Hall–Kier alpha value is -0.570. The Labute approximate surface area is 91.8 Å². The first-order valence-electron chi connectivity index (χ1n) is 6.08. The van der Waals surface area contributed by atoms with Crippen LogP contribution in [0.2, 0.25) is 0 Å². The minimum Gasteiger partial charge on any atom is -0.462 e. The van der Waals surface area contributed by atoms with E-state index in [1.807, 2.05) is 13.8 Å². The number of hydrogen-bond donors (Lipinski definition) is 0. The summed E-state index contributed by atoms with van der Waals surface area (Å²) in [7, 11) is 0. The second-order valence-corrected chi connectivity index (χ2v) is 5.14. The number of carbonyl (C=O) groups is 1. The van der Waals surface area contributed by atoms with Crippen LogP contribution >= 0.6 is 0 Å². The molecule has 0 unspecified atom stereocenters. The van der Waals surface area contributed by atoms with Crippen molar-refractivity contribution < 1.29 is 9.53 Å². The van der Waals surface area contributed by atoms with Crippen LogP contribution in [-0.2, 0) is 9.53 Å². The van der Waals surface area contributed by atoms with Gasteiger partial charge < -0.3 is 4.74 Å². The molecule has 0 aromatic carbocycles. The smallest absolute Gasteiger partial charge is 0.320 e. The van der Waals surface area contributed by atoms with Gasteiger partial charge in [-0.15, -0.1) is 0 Å². The van der Waals surface area contributed by atoms with Crippen LogP contribution in [0.1, 0.15) is 39.5 Å². The zero-order valence-electron chi connectivity index (χ0n) is 9.74. The largest absolute Gasteiger partial charge is 0.462 e. The fourth-order valence-corrected chi connectivity index (χ4v) is 1.88. The third-order valence-corrected chi connectivity index (χ3v) is 2.95. The fraction of sp³-hybridized carbons (Fsp3) is 0.917. The molecule has 0 amide bonds. The van der Waals surface area contributed by atoms with E-state index >= 15 is 0 Å². The standard InChI is InChI=1S/C12H21NO2/c1-9(2)15-12(14)8-13(11-5-6-11)7-10-3-4-10/h9-11H,3-8H2,1-2H3. The summed E-state index contributed by atoms with van der Waals surface area (Å²) < 4.78 is 5.18. The highest BCUT2D eigenvalue weighted by Gasteiger charge is 2.34. The van der Waals surface area contributed by atoms with Crippen molar-refractivity contribution >= 4 is 5.97 Å². The number of rotatable bonds is 6. The van der Waals surface area contributed by atoms with Crippen LogP contribution < -0.4 is 0 Å². The van der Waals surface area contributed by atoms with Gasteiger partial charge in [0.25, 0.3) is 0 Å².